The Morgan fingerprint density at radius 3 is 1.54 bits per heavy atom. The second kappa shape index (κ2) is 15.6. The van der Waals surface area contributed by atoms with Crippen LogP contribution < -0.4 is 24.8 Å². The van der Waals surface area contributed by atoms with E-state index < -0.39 is 44.7 Å². The summed E-state index contributed by atoms with van der Waals surface area (Å²) in [6, 6.07) is 22.6. The molecular formula is C43H38Cl2F6Zr. The topological polar surface area (TPSA) is 0 Å². The summed E-state index contributed by atoms with van der Waals surface area (Å²) in [6.45, 7) is 16.4. The molecule has 2 aliphatic carbocycles. The summed E-state index contributed by atoms with van der Waals surface area (Å²) >= 11 is -3.74. The fourth-order valence-corrected chi connectivity index (χ4v) is 16.9. The van der Waals surface area contributed by atoms with Gasteiger partial charge in [-0.05, 0) is 0 Å². The number of hydrogen-bond donors (Lipinski definition) is 0. The summed E-state index contributed by atoms with van der Waals surface area (Å²) < 4.78 is 87.4. The third-order valence-electron chi connectivity index (χ3n) is 9.76. The van der Waals surface area contributed by atoms with Crippen LogP contribution in [0, 0.1) is 11.3 Å². The van der Waals surface area contributed by atoms with Crippen molar-refractivity contribution in [3.8, 4) is 11.1 Å². The van der Waals surface area contributed by atoms with Gasteiger partial charge < -0.3 is 24.8 Å². The third-order valence-corrected chi connectivity index (χ3v) is 18.2. The molecule has 6 rings (SSSR count). The van der Waals surface area contributed by atoms with Crippen LogP contribution in [-0.4, -0.2) is 3.21 Å². The number of halogens is 8. The minimum absolute atomic E-state index is 0. The second-order valence-corrected chi connectivity index (χ2v) is 20.1. The van der Waals surface area contributed by atoms with Crippen LogP contribution in [0.1, 0.15) is 82.2 Å². The van der Waals surface area contributed by atoms with E-state index in [0.717, 1.165) is 72.9 Å². The third kappa shape index (κ3) is 7.98. The first-order valence-electron chi connectivity index (χ1n) is 16.6. The van der Waals surface area contributed by atoms with Crippen molar-refractivity contribution in [2.75, 3.05) is 0 Å². The van der Waals surface area contributed by atoms with Crippen molar-refractivity contribution in [2.24, 2.45) is 11.3 Å². The van der Waals surface area contributed by atoms with E-state index in [4.69, 9.17) is 0 Å². The maximum Gasteiger partial charge on any atom is -1.00 e. The molecule has 0 spiro atoms. The Labute approximate surface area is 322 Å². The van der Waals surface area contributed by atoms with Crippen LogP contribution in [0.3, 0.4) is 0 Å². The van der Waals surface area contributed by atoms with Crippen LogP contribution in [0.15, 0.2) is 119 Å². The Balaban J connectivity index is 0.00000302. The van der Waals surface area contributed by atoms with Gasteiger partial charge in [-0.3, -0.25) is 0 Å². The monoisotopic (exact) mass is 828 g/mol. The van der Waals surface area contributed by atoms with Crippen molar-refractivity contribution in [1.29, 1.82) is 0 Å². The van der Waals surface area contributed by atoms with Crippen molar-refractivity contribution in [2.45, 2.75) is 50.1 Å². The Kier molecular flexibility index (Phi) is 12.5. The van der Waals surface area contributed by atoms with Crippen molar-refractivity contribution in [3.05, 3.63) is 164 Å². The molecule has 0 radical (unpaired) electrons. The molecule has 0 fully saturated rings. The predicted molar refractivity (Wildman–Crippen MR) is 189 cm³/mol. The normalized spacial score (nSPS) is 15.2. The number of hydrogen-bond acceptors (Lipinski definition) is 0. The fourth-order valence-electron chi connectivity index (χ4n) is 7.20. The van der Waals surface area contributed by atoms with Gasteiger partial charge in [0.15, 0.2) is 0 Å². The number of allylic oxidation sites excluding steroid dienone is 4. The first-order valence-corrected chi connectivity index (χ1v) is 20.5. The van der Waals surface area contributed by atoms with E-state index in [-0.39, 0.29) is 39.8 Å². The Morgan fingerprint density at radius 1 is 0.692 bits per heavy atom. The summed E-state index contributed by atoms with van der Waals surface area (Å²) in [5.74, 6) is -0.00220. The molecule has 0 saturated carbocycles. The molecular weight excluding hydrogens is 793 g/mol. The largest absolute Gasteiger partial charge is 1.00 e. The first kappa shape index (κ1) is 41.5. The van der Waals surface area contributed by atoms with E-state index >= 15 is 0 Å². The molecule has 2 aliphatic rings. The van der Waals surface area contributed by atoms with Gasteiger partial charge in [0.05, 0.1) is 0 Å². The van der Waals surface area contributed by atoms with Crippen LogP contribution in [-0.2, 0) is 33.6 Å². The molecule has 0 bridgehead atoms. The Hall–Kier alpha value is -3.25. The molecule has 0 aliphatic heterocycles. The molecule has 1 unspecified atom stereocenters. The van der Waals surface area contributed by atoms with Crippen LogP contribution in [0.2, 0.25) is 0 Å². The summed E-state index contributed by atoms with van der Waals surface area (Å²) in [5.41, 5.74) is 5.83. The molecule has 0 heterocycles. The van der Waals surface area contributed by atoms with Gasteiger partial charge in [0.25, 0.3) is 0 Å². The number of alkyl halides is 6. The molecule has 270 valence electrons. The molecule has 1 atom stereocenters. The van der Waals surface area contributed by atoms with Crippen LogP contribution >= 0.6 is 0 Å². The van der Waals surface area contributed by atoms with Crippen molar-refractivity contribution in [3.63, 3.8) is 0 Å². The number of benzene rings is 4. The molecule has 0 nitrogen and oxygen atoms in total. The zero-order valence-electron chi connectivity index (χ0n) is 29.2. The average Bonchev–Trinajstić information content (AvgIpc) is 3.65. The molecule has 0 aromatic heterocycles. The summed E-state index contributed by atoms with van der Waals surface area (Å²) in [4.78, 5) is 0. The summed E-state index contributed by atoms with van der Waals surface area (Å²) in [6.07, 6.45) is -0.453. The smallest absolute Gasteiger partial charge is 1.00 e. The molecule has 0 N–H and O–H groups in total. The standard InChI is InChI=1S/C17H13.C15H8F6.C11H17.2ClH.Zr/c1-3-12-5-7-14-11-15-8-6-13(4-2)10-17(15)16(14)9-12;16-14(17,18)12-5-1-3-10(8-12)7-11-4-2-6-13(9-11)15(19,20)21;1-5-9-6-7-10(8-9)11(2,3)4;;;/h3-11H,1-2H2;1-6,8-9H;7-9H,5H2,1-4H3;2*1H;/q;;;;;+2/p-2. The maximum absolute atomic E-state index is 14.3. The van der Waals surface area contributed by atoms with Gasteiger partial charge in [0.1, 0.15) is 0 Å². The minimum atomic E-state index is -4.63. The van der Waals surface area contributed by atoms with Crippen LogP contribution in [0.5, 0.6) is 0 Å². The van der Waals surface area contributed by atoms with Gasteiger partial charge >= 0.3 is 299 Å². The van der Waals surface area contributed by atoms with Crippen molar-refractivity contribution >= 4 is 15.4 Å². The number of rotatable bonds is 7. The van der Waals surface area contributed by atoms with Gasteiger partial charge in [-0.25, -0.2) is 0 Å². The van der Waals surface area contributed by atoms with Gasteiger partial charge in [0, 0.05) is 0 Å². The van der Waals surface area contributed by atoms with E-state index in [2.05, 4.69) is 77.3 Å². The molecule has 52 heavy (non-hydrogen) atoms. The van der Waals surface area contributed by atoms with Gasteiger partial charge in [0.2, 0.25) is 0 Å². The Morgan fingerprint density at radius 2 is 1.15 bits per heavy atom. The van der Waals surface area contributed by atoms with Crippen LogP contribution in [0.4, 0.5) is 26.3 Å². The molecule has 4 aromatic carbocycles. The summed E-state index contributed by atoms with van der Waals surface area (Å²) in [5, 5.41) is 0. The van der Waals surface area contributed by atoms with E-state index in [0.29, 0.717) is 14.3 Å². The minimum Gasteiger partial charge on any atom is -1.00 e. The zero-order valence-corrected chi connectivity index (χ0v) is 33.2. The molecule has 0 amide bonds. The SMILES string of the molecule is C=Cc1ccc2c(c1)-c1cc(C=C)ccc1[CH]2[Zr+2]([C]1=CC(C(C)(C)C)=CC1CC)=[C](c1cccc(C(F)(F)F)c1)c1cccc(C(F)(F)F)c1.[Cl-].[Cl-]. The first-order chi connectivity index (χ1) is 23.5. The second-order valence-electron chi connectivity index (χ2n) is 14.0. The van der Waals surface area contributed by atoms with Crippen molar-refractivity contribution < 1.29 is 72.4 Å². The van der Waals surface area contributed by atoms with E-state index in [1.807, 2.05) is 12.1 Å². The van der Waals surface area contributed by atoms with Gasteiger partial charge in [-0.2, -0.15) is 0 Å². The van der Waals surface area contributed by atoms with Gasteiger partial charge in [-0.1, -0.05) is 0 Å². The zero-order chi connectivity index (χ0) is 36.2. The van der Waals surface area contributed by atoms with Crippen LogP contribution in [0.25, 0.3) is 23.3 Å². The van der Waals surface area contributed by atoms with E-state index in [9.17, 15) is 26.3 Å². The number of fused-ring (bicyclic) bond motifs is 3. The van der Waals surface area contributed by atoms with Gasteiger partial charge in [-0.15, -0.1) is 0 Å². The summed E-state index contributed by atoms with van der Waals surface area (Å²) in [7, 11) is 0. The van der Waals surface area contributed by atoms with E-state index in [1.54, 1.807) is 24.3 Å². The van der Waals surface area contributed by atoms with E-state index in [1.165, 1.54) is 12.1 Å². The molecule has 0 saturated heterocycles. The molecule has 4 aromatic rings. The average molecular weight is 831 g/mol. The maximum atomic E-state index is 14.3. The fraction of sp³-hybridized carbons (Fsp3) is 0.233. The molecule has 9 heteroatoms. The quantitative estimate of drug-likeness (QED) is 0.179. The predicted octanol–water partition coefficient (Wildman–Crippen LogP) is 6.87. The van der Waals surface area contributed by atoms with Crippen molar-refractivity contribution in [1.82, 2.24) is 0 Å². The Bertz CT molecular complexity index is 1990.